The number of rotatable bonds is 2. The summed E-state index contributed by atoms with van der Waals surface area (Å²) in [7, 11) is 0. The van der Waals surface area contributed by atoms with E-state index in [-0.39, 0.29) is 59.2 Å². The van der Waals surface area contributed by atoms with Gasteiger partial charge in [-0.3, -0.25) is 0 Å². The summed E-state index contributed by atoms with van der Waals surface area (Å²) in [6, 6.07) is 45.3. The van der Waals surface area contributed by atoms with Crippen LogP contribution in [0.2, 0.25) is 0 Å². The second-order valence-electron chi connectivity index (χ2n) is 10.7. The minimum atomic E-state index is -0.0784. The second-order valence-corrected chi connectivity index (χ2v) is 10.7. The van der Waals surface area contributed by atoms with E-state index in [2.05, 4.69) is 0 Å². The Balaban J connectivity index is 0.000000174. The van der Waals surface area contributed by atoms with E-state index in [1.165, 1.54) is 0 Å². The van der Waals surface area contributed by atoms with Crippen LogP contribution in [-0.2, 0) is 0 Å². The zero-order chi connectivity index (χ0) is 30.2. The SMILES string of the molecule is Oc1ccc2ccccc2c1-c1c(O)ccc2ccccc12.[Al].[Li+].[O-]c1ccc2ccccc2c1-c1c(O)ccc2ccccc12. The third-order valence-electron chi connectivity index (χ3n) is 8.11. The standard InChI is InChI=1S/2C20H14O2.Al.Li/c2*21-17-11-9-13-5-1-3-7-15(13)19(17)20-16-8-4-2-6-14(16)10-12-18(20)22;;/h2*1-12,21-22H;;/q;;;+1/p-1. The summed E-state index contributed by atoms with van der Waals surface area (Å²) in [5.41, 5.74) is 2.52. The topological polar surface area (TPSA) is 83.8 Å². The van der Waals surface area contributed by atoms with E-state index in [0.717, 1.165) is 43.1 Å². The van der Waals surface area contributed by atoms with Gasteiger partial charge in [0, 0.05) is 34.1 Å². The number of phenols is 3. The van der Waals surface area contributed by atoms with Gasteiger partial charge in [0.2, 0.25) is 0 Å². The molecule has 0 amide bonds. The molecule has 0 heterocycles. The summed E-state index contributed by atoms with van der Waals surface area (Å²) in [6.45, 7) is 0. The van der Waals surface area contributed by atoms with Gasteiger partial charge in [-0.25, -0.2) is 0 Å². The Kier molecular flexibility index (Phi) is 9.64. The van der Waals surface area contributed by atoms with Crippen molar-refractivity contribution < 1.29 is 39.3 Å². The number of phenolic OH excluding ortho intramolecular Hbond substituents is 3. The number of benzene rings is 8. The van der Waals surface area contributed by atoms with Crippen LogP contribution in [0.4, 0.5) is 0 Å². The van der Waals surface area contributed by atoms with Gasteiger partial charge in [0.05, 0.1) is 0 Å². The van der Waals surface area contributed by atoms with E-state index in [1.807, 2.05) is 121 Å². The van der Waals surface area contributed by atoms with E-state index < -0.39 is 0 Å². The first-order valence-corrected chi connectivity index (χ1v) is 14.3. The van der Waals surface area contributed by atoms with E-state index >= 15 is 0 Å². The Hall–Kier alpha value is -4.87. The van der Waals surface area contributed by atoms with Crippen LogP contribution in [0.3, 0.4) is 0 Å². The van der Waals surface area contributed by atoms with E-state index in [1.54, 1.807) is 24.3 Å². The van der Waals surface area contributed by atoms with E-state index in [9.17, 15) is 20.4 Å². The summed E-state index contributed by atoms with van der Waals surface area (Å²) in [5, 5.41) is 51.4. The summed E-state index contributed by atoms with van der Waals surface area (Å²) >= 11 is 0. The van der Waals surface area contributed by atoms with Crippen molar-refractivity contribution >= 4 is 60.5 Å². The van der Waals surface area contributed by atoms with Crippen molar-refractivity contribution in [3.05, 3.63) is 146 Å². The Morgan fingerprint density at radius 3 is 0.935 bits per heavy atom. The third-order valence-corrected chi connectivity index (χ3v) is 8.11. The van der Waals surface area contributed by atoms with Crippen LogP contribution in [0.15, 0.2) is 146 Å². The molecule has 3 N–H and O–H groups in total. The molecule has 0 saturated carbocycles. The molecule has 0 aliphatic heterocycles. The molecule has 0 aliphatic rings. The van der Waals surface area contributed by atoms with Crippen LogP contribution in [0.25, 0.3) is 65.3 Å². The van der Waals surface area contributed by atoms with Crippen LogP contribution >= 0.6 is 0 Å². The van der Waals surface area contributed by atoms with Gasteiger partial charge in [0.25, 0.3) is 0 Å². The molecule has 215 valence electrons. The molecule has 6 heteroatoms. The molecule has 0 bridgehead atoms. The number of fused-ring (bicyclic) bond motifs is 4. The van der Waals surface area contributed by atoms with Gasteiger partial charge in [-0.05, 0) is 66.9 Å². The van der Waals surface area contributed by atoms with Crippen molar-refractivity contribution in [2.24, 2.45) is 0 Å². The van der Waals surface area contributed by atoms with Gasteiger partial charge in [-0.1, -0.05) is 127 Å². The zero-order valence-corrected chi connectivity index (χ0v) is 26.3. The molecular weight excluding hydrogens is 578 g/mol. The second kappa shape index (κ2) is 13.6. The summed E-state index contributed by atoms with van der Waals surface area (Å²) in [5.74, 6) is 0.396. The normalized spacial score (nSPS) is 10.6. The maximum absolute atomic E-state index is 12.5. The van der Waals surface area contributed by atoms with Gasteiger partial charge < -0.3 is 20.4 Å². The number of hydrogen-bond donors (Lipinski definition) is 3. The first-order chi connectivity index (χ1) is 21.5. The predicted octanol–water partition coefficient (Wildman–Crippen LogP) is 6.13. The predicted molar refractivity (Wildman–Crippen MR) is 184 cm³/mol. The molecule has 0 fully saturated rings. The van der Waals surface area contributed by atoms with Crippen molar-refractivity contribution in [1.29, 1.82) is 0 Å². The van der Waals surface area contributed by atoms with Crippen LogP contribution in [-0.4, -0.2) is 32.7 Å². The fourth-order valence-corrected chi connectivity index (χ4v) is 6.08. The number of hydrogen-bond acceptors (Lipinski definition) is 4. The molecule has 0 saturated heterocycles. The summed E-state index contributed by atoms with van der Waals surface area (Å²) in [6.07, 6.45) is 0. The average molecular weight is 606 g/mol. The molecule has 0 aromatic heterocycles. The molecule has 46 heavy (non-hydrogen) atoms. The quantitative estimate of drug-likeness (QED) is 0.207. The molecular formula is C40H27AlLiO4. The minimum absolute atomic E-state index is 0. The Labute approximate surface area is 289 Å². The Morgan fingerprint density at radius 1 is 0.326 bits per heavy atom. The smallest absolute Gasteiger partial charge is 0.872 e. The monoisotopic (exact) mass is 605 g/mol. The molecule has 0 atom stereocenters. The summed E-state index contributed by atoms with van der Waals surface area (Å²) < 4.78 is 0. The van der Waals surface area contributed by atoms with Crippen LogP contribution < -0.4 is 24.0 Å². The zero-order valence-electron chi connectivity index (χ0n) is 25.2. The van der Waals surface area contributed by atoms with Crippen molar-refractivity contribution in [3.63, 3.8) is 0 Å². The van der Waals surface area contributed by atoms with Gasteiger partial charge in [0.1, 0.15) is 17.2 Å². The molecule has 3 radical (unpaired) electrons. The maximum Gasteiger partial charge on any atom is 1.00 e. The molecule has 0 unspecified atom stereocenters. The van der Waals surface area contributed by atoms with Gasteiger partial charge in [-0.15, -0.1) is 5.75 Å². The van der Waals surface area contributed by atoms with Crippen LogP contribution in [0.1, 0.15) is 0 Å². The van der Waals surface area contributed by atoms with Gasteiger partial charge in [-0.2, -0.15) is 0 Å². The molecule has 8 aromatic rings. The fourth-order valence-electron chi connectivity index (χ4n) is 6.08. The van der Waals surface area contributed by atoms with Crippen LogP contribution in [0, 0.1) is 0 Å². The molecule has 0 aliphatic carbocycles. The molecule has 8 aromatic carbocycles. The fraction of sp³-hybridized carbons (Fsp3) is 0. The van der Waals surface area contributed by atoms with E-state index in [4.69, 9.17) is 0 Å². The van der Waals surface area contributed by atoms with Gasteiger partial charge >= 0.3 is 18.9 Å². The van der Waals surface area contributed by atoms with Crippen molar-refractivity contribution in [2.75, 3.05) is 0 Å². The Morgan fingerprint density at radius 2 is 0.587 bits per heavy atom. The van der Waals surface area contributed by atoms with Gasteiger partial charge in [0.15, 0.2) is 0 Å². The van der Waals surface area contributed by atoms with Crippen molar-refractivity contribution in [2.45, 2.75) is 0 Å². The first kappa shape index (κ1) is 32.5. The number of aromatic hydroxyl groups is 3. The van der Waals surface area contributed by atoms with Crippen LogP contribution in [0.5, 0.6) is 23.0 Å². The average Bonchev–Trinajstić information content (AvgIpc) is 3.06. The first-order valence-electron chi connectivity index (χ1n) is 14.3. The minimum Gasteiger partial charge on any atom is -0.872 e. The largest absolute Gasteiger partial charge is 1.00 e. The Bertz CT molecular complexity index is 2020. The van der Waals surface area contributed by atoms with Crippen molar-refractivity contribution in [3.8, 4) is 45.3 Å². The molecule has 0 spiro atoms. The maximum atomic E-state index is 12.5. The third kappa shape index (κ3) is 5.79. The summed E-state index contributed by atoms with van der Waals surface area (Å²) in [4.78, 5) is 0. The molecule has 8 rings (SSSR count). The van der Waals surface area contributed by atoms with E-state index in [0.29, 0.717) is 22.3 Å². The van der Waals surface area contributed by atoms with Crippen molar-refractivity contribution in [1.82, 2.24) is 0 Å². The molecule has 4 nitrogen and oxygen atoms in total.